The summed E-state index contributed by atoms with van der Waals surface area (Å²) >= 11 is 0. The molecule has 1 aliphatic heterocycles. The van der Waals surface area contributed by atoms with Gasteiger partial charge in [-0.3, -0.25) is 4.98 Å². The van der Waals surface area contributed by atoms with Crippen LogP contribution in [0.3, 0.4) is 0 Å². The lowest BCUT2D eigenvalue weighted by molar-refractivity contribution is 0.0592. The van der Waals surface area contributed by atoms with Gasteiger partial charge < -0.3 is 14.8 Å². The van der Waals surface area contributed by atoms with Crippen LogP contribution in [0.2, 0.25) is 0 Å². The van der Waals surface area contributed by atoms with E-state index in [2.05, 4.69) is 26.9 Å². The molecule has 0 radical (unpaired) electrons. The molecule has 0 fully saturated rings. The number of hydrogen-bond acceptors (Lipinski definition) is 6. The molecule has 1 N–H and O–H groups in total. The average Bonchev–Trinajstić information content (AvgIpc) is 2.54. The van der Waals surface area contributed by atoms with Crippen LogP contribution in [0.5, 0.6) is 11.6 Å². The van der Waals surface area contributed by atoms with Crippen LogP contribution in [0.25, 0.3) is 0 Å². The van der Waals surface area contributed by atoms with Crippen LogP contribution in [-0.4, -0.2) is 29.1 Å². The van der Waals surface area contributed by atoms with E-state index in [9.17, 15) is 4.79 Å². The minimum Gasteiger partial charge on any atom is -0.464 e. The van der Waals surface area contributed by atoms with E-state index < -0.39 is 5.97 Å². The molecule has 3 rings (SSSR count). The van der Waals surface area contributed by atoms with Crippen LogP contribution in [0.1, 0.15) is 29.4 Å². The summed E-state index contributed by atoms with van der Waals surface area (Å²) in [5.74, 6) is 0.465. The topological polar surface area (TPSA) is 73.3 Å². The molecule has 22 heavy (non-hydrogen) atoms. The number of carbonyl (C=O) groups is 1. The molecule has 6 heteroatoms. The Bertz CT molecular complexity index is 703. The second-order valence-electron chi connectivity index (χ2n) is 5.20. The molecular formula is C16H17N3O3. The Balaban J connectivity index is 1.88. The molecule has 1 aromatic carbocycles. The summed E-state index contributed by atoms with van der Waals surface area (Å²) in [4.78, 5) is 19.6. The van der Waals surface area contributed by atoms with Crippen molar-refractivity contribution in [2.75, 3.05) is 12.4 Å². The number of ether oxygens (including phenoxy) is 2. The van der Waals surface area contributed by atoms with E-state index in [-0.39, 0.29) is 11.6 Å². The first-order chi connectivity index (χ1) is 10.7. The van der Waals surface area contributed by atoms with Gasteiger partial charge in [-0.15, -0.1) is 0 Å². The van der Waals surface area contributed by atoms with Gasteiger partial charge in [-0.1, -0.05) is 6.07 Å². The van der Waals surface area contributed by atoms with Crippen molar-refractivity contribution in [3.05, 3.63) is 41.9 Å². The maximum atomic E-state index is 11.5. The zero-order valence-electron chi connectivity index (χ0n) is 12.5. The van der Waals surface area contributed by atoms with Crippen LogP contribution in [0, 0.1) is 0 Å². The highest BCUT2D eigenvalue weighted by atomic mass is 16.5. The molecule has 0 saturated heterocycles. The molecule has 1 atom stereocenters. The SMILES string of the molecule is COC(=O)c1cncc(Oc2cccc3c2CCC(C)N3)n1. The van der Waals surface area contributed by atoms with Crippen molar-refractivity contribution in [2.24, 2.45) is 0 Å². The highest BCUT2D eigenvalue weighted by Crippen LogP contribution is 2.34. The largest absolute Gasteiger partial charge is 0.464 e. The first-order valence-electron chi connectivity index (χ1n) is 7.14. The Hall–Kier alpha value is -2.63. The van der Waals surface area contributed by atoms with E-state index in [1.807, 2.05) is 18.2 Å². The first-order valence-corrected chi connectivity index (χ1v) is 7.14. The number of esters is 1. The fraction of sp³-hybridized carbons (Fsp3) is 0.312. The van der Waals surface area contributed by atoms with E-state index in [1.165, 1.54) is 19.5 Å². The van der Waals surface area contributed by atoms with Gasteiger partial charge in [0.1, 0.15) is 5.75 Å². The average molecular weight is 299 g/mol. The lowest BCUT2D eigenvalue weighted by Crippen LogP contribution is -2.22. The molecule has 0 bridgehead atoms. The number of methoxy groups -OCH3 is 1. The van der Waals surface area contributed by atoms with E-state index in [0.717, 1.165) is 29.8 Å². The maximum Gasteiger partial charge on any atom is 0.358 e. The number of aromatic nitrogens is 2. The Morgan fingerprint density at radius 3 is 3.05 bits per heavy atom. The van der Waals surface area contributed by atoms with Crippen LogP contribution in [0.4, 0.5) is 5.69 Å². The maximum absolute atomic E-state index is 11.5. The Morgan fingerprint density at radius 1 is 1.36 bits per heavy atom. The predicted molar refractivity (Wildman–Crippen MR) is 81.3 cm³/mol. The van der Waals surface area contributed by atoms with E-state index in [4.69, 9.17) is 4.74 Å². The molecule has 0 saturated carbocycles. The second kappa shape index (κ2) is 6.01. The van der Waals surface area contributed by atoms with Gasteiger partial charge in [-0.25, -0.2) is 9.78 Å². The van der Waals surface area contributed by atoms with E-state index in [1.54, 1.807) is 0 Å². The number of benzene rings is 1. The molecule has 2 aromatic rings. The zero-order chi connectivity index (χ0) is 15.5. The van der Waals surface area contributed by atoms with Gasteiger partial charge in [0.15, 0.2) is 5.69 Å². The zero-order valence-corrected chi connectivity index (χ0v) is 12.5. The van der Waals surface area contributed by atoms with Gasteiger partial charge in [0.05, 0.1) is 19.5 Å². The predicted octanol–water partition coefficient (Wildman–Crippen LogP) is 2.80. The monoisotopic (exact) mass is 299 g/mol. The quantitative estimate of drug-likeness (QED) is 0.879. The van der Waals surface area contributed by atoms with Crippen molar-refractivity contribution in [1.29, 1.82) is 0 Å². The number of carbonyl (C=O) groups excluding carboxylic acids is 1. The molecule has 2 heterocycles. The standard InChI is InChI=1S/C16H17N3O3/c1-10-6-7-11-12(18-10)4-3-5-14(11)22-15-9-17-8-13(19-15)16(20)21-2/h3-5,8-10,18H,6-7H2,1-2H3. The molecule has 0 amide bonds. The molecular weight excluding hydrogens is 282 g/mol. The van der Waals surface area contributed by atoms with Crippen molar-refractivity contribution in [3.8, 4) is 11.6 Å². The molecule has 1 aromatic heterocycles. The first kappa shape index (κ1) is 14.3. The third-order valence-corrected chi connectivity index (χ3v) is 3.58. The van der Waals surface area contributed by atoms with Gasteiger partial charge in [0.2, 0.25) is 5.88 Å². The number of nitrogens with one attached hydrogen (secondary N) is 1. The Morgan fingerprint density at radius 2 is 2.23 bits per heavy atom. The number of fused-ring (bicyclic) bond motifs is 1. The van der Waals surface area contributed by atoms with Gasteiger partial charge in [-0.2, -0.15) is 0 Å². The minimum absolute atomic E-state index is 0.122. The normalized spacial score (nSPS) is 16.4. The van der Waals surface area contributed by atoms with Crippen LogP contribution < -0.4 is 10.1 Å². The summed E-state index contributed by atoms with van der Waals surface area (Å²) in [5.41, 5.74) is 2.32. The minimum atomic E-state index is -0.538. The number of anilines is 1. The lowest BCUT2D eigenvalue weighted by Gasteiger charge is -2.25. The number of rotatable bonds is 3. The molecule has 0 aliphatic carbocycles. The van der Waals surface area contributed by atoms with E-state index >= 15 is 0 Å². The van der Waals surface area contributed by atoms with Crippen LogP contribution in [0.15, 0.2) is 30.6 Å². The fourth-order valence-electron chi connectivity index (χ4n) is 2.47. The van der Waals surface area contributed by atoms with Gasteiger partial charge in [0, 0.05) is 17.3 Å². The third-order valence-electron chi connectivity index (χ3n) is 3.58. The fourth-order valence-corrected chi connectivity index (χ4v) is 2.47. The number of hydrogen-bond donors (Lipinski definition) is 1. The molecule has 1 aliphatic rings. The Kier molecular flexibility index (Phi) is 3.91. The van der Waals surface area contributed by atoms with Gasteiger partial charge in [0.25, 0.3) is 0 Å². The van der Waals surface area contributed by atoms with Gasteiger partial charge in [-0.05, 0) is 31.9 Å². The molecule has 6 nitrogen and oxygen atoms in total. The number of nitrogens with zero attached hydrogens (tertiary/aromatic N) is 2. The van der Waals surface area contributed by atoms with Crippen molar-refractivity contribution < 1.29 is 14.3 Å². The summed E-state index contributed by atoms with van der Waals surface area (Å²) in [6, 6.07) is 6.30. The summed E-state index contributed by atoms with van der Waals surface area (Å²) in [5, 5.41) is 3.43. The van der Waals surface area contributed by atoms with E-state index in [0.29, 0.717) is 6.04 Å². The molecule has 0 spiro atoms. The van der Waals surface area contributed by atoms with Crippen molar-refractivity contribution >= 4 is 11.7 Å². The smallest absolute Gasteiger partial charge is 0.358 e. The van der Waals surface area contributed by atoms with Crippen LogP contribution >= 0.6 is 0 Å². The Labute approximate surface area is 128 Å². The third kappa shape index (κ3) is 2.86. The van der Waals surface area contributed by atoms with Crippen molar-refractivity contribution in [3.63, 3.8) is 0 Å². The molecule has 114 valence electrons. The summed E-state index contributed by atoms with van der Waals surface area (Å²) in [7, 11) is 1.30. The van der Waals surface area contributed by atoms with Gasteiger partial charge >= 0.3 is 5.97 Å². The summed E-state index contributed by atoms with van der Waals surface area (Å²) < 4.78 is 10.5. The van der Waals surface area contributed by atoms with Crippen molar-refractivity contribution in [1.82, 2.24) is 9.97 Å². The highest BCUT2D eigenvalue weighted by molar-refractivity contribution is 5.86. The lowest BCUT2D eigenvalue weighted by atomic mass is 9.98. The van der Waals surface area contributed by atoms with Crippen molar-refractivity contribution in [2.45, 2.75) is 25.8 Å². The second-order valence-corrected chi connectivity index (χ2v) is 5.20. The molecule has 1 unspecified atom stereocenters. The highest BCUT2D eigenvalue weighted by Gasteiger charge is 2.18. The van der Waals surface area contributed by atoms with Crippen LogP contribution in [-0.2, 0) is 11.2 Å². The summed E-state index contributed by atoms with van der Waals surface area (Å²) in [6.07, 6.45) is 4.80. The summed E-state index contributed by atoms with van der Waals surface area (Å²) in [6.45, 7) is 2.15.